The summed E-state index contributed by atoms with van der Waals surface area (Å²) in [4.78, 5) is 27.0. The number of halogens is 1. The molecule has 2 aromatic rings. The van der Waals surface area contributed by atoms with Gasteiger partial charge in [0.2, 0.25) is 0 Å². The molecule has 7 heteroatoms. The summed E-state index contributed by atoms with van der Waals surface area (Å²) in [5, 5.41) is 7.71. The number of nitrogens with zero attached hydrogens (tertiary/aromatic N) is 1. The van der Waals surface area contributed by atoms with E-state index in [0.29, 0.717) is 12.1 Å². The second-order valence-electron chi connectivity index (χ2n) is 4.72. The largest absolute Gasteiger partial charge is 0.352 e. The third-order valence-corrected chi connectivity index (χ3v) is 3.03. The maximum absolute atomic E-state index is 13.4. The van der Waals surface area contributed by atoms with Crippen molar-refractivity contribution in [3.63, 3.8) is 0 Å². The highest BCUT2D eigenvalue weighted by Crippen LogP contribution is 2.10. The van der Waals surface area contributed by atoms with E-state index < -0.39 is 11.8 Å². The van der Waals surface area contributed by atoms with Gasteiger partial charge in [0.1, 0.15) is 0 Å². The molecule has 0 fully saturated rings. The van der Waals surface area contributed by atoms with E-state index in [1.807, 2.05) is 6.92 Å². The summed E-state index contributed by atoms with van der Waals surface area (Å²) in [6.07, 6.45) is 2.41. The van der Waals surface area contributed by atoms with Crippen LogP contribution in [0.5, 0.6) is 0 Å². The fourth-order valence-electron chi connectivity index (χ4n) is 1.86. The number of hydrogen-bond donors (Lipinski definition) is 3. The molecule has 120 valence electrons. The molecule has 0 spiro atoms. The van der Waals surface area contributed by atoms with Crippen molar-refractivity contribution in [2.75, 3.05) is 11.9 Å². The normalized spacial score (nSPS) is 10.0. The van der Waals surface area contributed by atoms with Crippen LogP contribution in [0.4, 0.5) is 14.9 Å². The molecule has 0 aliphatic carbocycles. The van der Waals surface area contributed by atoms with Gasteiger partial charge < -0.3 is 16.0 Å². The van der Waals surface area contributed by atoms with Crippen LogP contribution in [0.25, 0.3) is 0 Å². The predicted molar refractivity (Wildman–Crippen MR) is 84.5 cm³/mol. The highest BCUT2D eigenvalue weighted by Gasteiger charge is 2.07. The Morgan fingerprint density at radius 2 is 1.87 bits per heavy atom. The van der Waals surface area contributed by atoms with Gasteiger partial charge in [-0.15, -0.1) is 0 Å². The molecule has 3 N–H and O–H groups in total. The lowest BCUT2D eigenvalue weighted by Gasteiger charge is -2.09. The van der Waals surface area contributed by atoms with Gasteiger partial charge in [0.05, 0.1) is 11.9 Å². The molecule has 0 aliphatic rings. The Kier molecular flexibility index (Phi) is 5.62. The number of carbonyl (C=O) groups is 2. The van der Waals surface area contributed by atoms with Gasteiger partial charge in [-0.1, -0.05) is 12.1 Å². The Bertz CT molecular complexity index is 689. The number of amides is 3. The highest BCUT2D eigenvalue weighted by molar-refractivity contribution is 5.94. The zero-order valence-corrected chi connectivity index (χ0v) is 12.6. The Morgan fingerprint density at radius 3 is 2.52 bits per heavy atom. The fourth-order valence-corrected chi connectivity index (χ4v) is 1.86. The van der Waals surface area contributed by atoms with Crippen LogP contribution in [-0.4, -0.2) is 23.5 Å². The van der Waals surface area contributed by atoms with E-state index >= 15 is 0 Å². The first kappa shape index (κ1) is 16.4. The molecule has 0 unspecified atom stereocenters. The lowest BCUT2D eigenvalue weighted by Crippen LogP contribution is -2.28. The monoisotopic (exact) mass is 316 g/mol. The number of pyridine rings is 1. The van der Waals surface area contributed by atoms with Crippen LogP contribution in [0.3, 0.4) is 0 Å². The second kappa shape index (κ2) is 7.88. The van der Waals surface area contributed by atoms with Gasteiger partial charge in [-0.05, 0) is 30.7 Å². The van der Waals surface area contributed by atoms with E-state index in [0.717, 1.165) is 11.8 Å². The summed E-state index contributed by atoms with van der Waals surface area (Å²) < 4.78 is 13.4. The van der Waals surface area contributed by atoms with Crippen molar-refractivity contribution in [1.29, 1.82) is 0 Å². The zero-order chi connectivity index (χ0) is 16.7. The third-order valence-electron chi connectivity index (χ3n) is 3.03. The number of rotatable bonds is 5. The minimum Gasteiger partial charge on any atom is -0.352 e. The quantitative estimate of drug-likeness (QED) is 0.791. The number of anilines is 1. The molecule has 1 aromatic heterocycles. The van der Waals surface area contributed by atoms with Gasteiger partial charge >= 0.3 is 6.03 Å². The van der Waals surface area contributed by atoms with Crippen LogP contribution in [0.1, 0.15) is 22.8 Å². The van der Waals surface area contributed by atoms with Crippen molar-refractivity contribution >= 4 is 17.6 Å². The topological polar surface area (TPSA) is 83.1 Å². The molecule has 1 heterocycles. The van der Waals surface area contributed by atoms with Crippen LogP contribution < -0.4 is 16.0 Å². The lowest BCUT2D eigenvalue weighted by atomic mass is 10.1. The Hall–Kier alpha value is -2.96. The molecule has 1 aromatic carbocycles. The average molecular weight is 316 g/mol. The zero-order valence-electron chi connectivity index (χ0n) is 12.6. The molecule has 0 radical (unpaired) electrons. The summed E-state index contributed by atoms with van der Waals surface area (Å²) in [7, 11) is 0. The summed E-state index contributed by atoms with van der Waals surface area (Å²) in [5.41, 5.74) is 1.44. The average Bonchev–Trinajstić information content (AvgIpc) is 2.56. The number of hydrogen-bond acceptors (Lipinski definition) is 3. The molecular formula is C16H17FN4O2. The molecule has 2 rings (SSSR count). The summed E-state index contributed by atoms with van der Waals surface area (Å²) in [6, 6.07) is 7.71. The van der Waals surface area contributed by atoms with Crippen molar-refractivity contribution in [2.24, 2.45) is 0 Å². The first-order valence-corrected chi connectivity index (χ1v) is 7.11. The van der Waals surface area contributed by atoms with Crippen molar-refractivity contribution in [2.45, 2.75) is 13.5 Å². The standard InChI is InChI=1S/C16H17FN4O2/c1-2-19-15(22)12-5-3-11(4-6-12)9-20-16(23)21-14-7-8-18-10-13(14)17/h3-8,10H,2,9H2,1H3,(H,19,22)(H2,18,20,21,23). The van der Waals surface area contributed by atoms with Crippen LogP contribution in [0.15, 0.2) is 42.7 Å². The molecule has 23 heavy (non-hydrogen) atoms. The van der Waals surface area contributed by atoms with Gasteiger partial charge in [0, 0.05) is 24.8 Å². The lowest BCUT2D eigenvalue weighted by molar-refractivity contribution is 0.0956. The molecule has 0 saturated heterocycles. The summed E-state index contributed by atoms with van der Waals surface area (Å²) in [5.74, 6) is -0.744. The molecule has 6 nitrogen and oxygen atoms in total. The Balaban J connectivity index is 1.87. The number of urea groups is 1. The van der Waals surface area contributed by atoms with E-state index in [1.54, 1.807) is 24.3 Å². The van der Waals surface area contributed by atoms with E-state index in [9.17, 15) is 14.0 Å². The number of benzene rings is 1. The van der Waals surface area contributed by atoms with Crippen LogP contribution in [0, 0.1) is 5.82 Å². The highest BCUT2D eigenvalue weighted by atomic mass is 19.1. The van der Waals surface area contributed by atoms with Crippen LogP contribution in [-0.2, 0) is 6.54 Å². The predicted octanol–water partition coefficient (Wildman–Crippen LogP) is 2.29. The van der Waals surface area contributed by atoms with Gasteiger partial charge in [0.15, 0.2) is 5.82 Å². The Labute approximate surface area is 133 Å². The fraction of sp³-hybridized carbons (Fsp3) is 0.188. The van der Waals surface area contributed by atoms with Crippen LogP contribution in [0.2, 0.25) is 0 Å². The smallest absolute Gasteiger partial charge is 0.319 e. The van der Waals surface area contributed by atoms with E-state index in [2.05, 4.69) is 20.9 Å². The van der Waals surface area contributed by atoms with Gasteiger partial charge in [-0.25, -0.2) is 9.18 Å². The SMILES string of the molecule is CCNC(=O)c1ccc(CNC(=O)Nc2ccncc2F)cc1. The van der Waals surface area contributed by atoms with Gasteiger partial charge in [-0.2, -0.15) is 0 Å². The van der Waals surface area contributed by atoms with E-state index in [1.165, 1.54) is 12.3 Å². The Morgan fingerprint density at radius 1 is 1.13 bits per heavy atom. The maximum Gasteiger partial charge on any atom is 0.319 e. The second-order valence-corrected chi connectivity index (χ2v) is 4.72. The van der Waals surface area contributed by atoms with Crippen molar-refractivity contribution in [1.82, 2.24) is 15.6 Å². The van der Waals surface area contributed by atoms with Gasteiger partial charge in [0.25, 0.3) is 5.91 Å². The van der Waals surface area contributed by atoms with Crippen molar-refractivity contribution in [3.8, 4) is 0 Å². The summed E-state index contributed by atoms with van der Waals surface area (Å²) in [6.45, 7) is 2.67. The number of carbonyl (C=O) groups excluding carboxylic acids is 2. The van der Waals surface area contributed by atoms with Gasteiger partial charge in [-0.3, -0.25) is 9.78 Å². The van der Waals surface area contributed by atoms with Crippen molar-refractivity contribution < 1.29 is 14.0 Å². The van der Waals surface area contributed by atoms with E-state index in [-0.39, 0.29) is 18.1 Å². The first-order chi connectivity index (χ1) is 11.1. The third kappa shape index (κ3) is 4.77. The maximum atomic E-state index is 13.4. The minimum atomic E-state index is -0.603. The molecule has 0 saturated carbocycles. The molecule has 0 bridgehead atoms. The number of nitrogens with one attached hydrogen (secondary N) is 3. The van der Waals surface area contributed by atoms with Crippen LogP contribution >= 0.6 is 0 Å². The molecular weight excluding hydrogens is 299 g/mol. The minimum absolute atomic E-state index is 0.0593. The number of aromatic nitrogens is 1. The molecule has 3 amide bonds. The van der Waals surface area contributed by atoms with Crippen molar-refractivity contribution in [3.05, 3.63) is 59.7 Å². The molecule has 0 atom stereocenters. The van der Waals surface area contributed by atoms with E-state index in [4.69, 9.17) is 0 Å². The summed E-state index contributed by atoms with van der Waals surface area (Å²) >= 11 is 0. The molecule has 0 aliphatic heterocycles. The first-order valence-electron chi connectivity index (χ1n) is 7.11.